The van der Waals surface area contributed by atoms with Crippen molar-refractivity contribution >= 4 is 40.8 Å². The molecule has 0 aliphatic heterocycles. The molecule has 1 atom stereocenters. The number of aliphatic hydroxyl groups excluding tert-OH is 1. The molecule has 18 heavy (non-hydrogen) atoms. The van der Waals surface area contributed by atoms with E-state index in [1.807, 2.05) is 0 Å². The standard InChI is InChI=1S/C11H11Cl3O4/c1-6(15)17-4-8(16)5-18-11-9(13)2-7(12)3-10(11)14/h2-3,8,16H,4-5H2,1H3/t8-/m1/s1. The summed E-state index contributed by atoms with van der Waals surface area (Å²) in [5.74, 6) is -0.249. The third-order valence-corrected chi connectivity index (χ3v) is 2.64. The number of halogens is 3. The second-order valence-corrected chi connectivity index (χ2v) is 4.72. The molecule has 0 aromatic heterocycles. The first-order valence-corrected chi connectivity index (χ1v) is 6.12. The minimum atomic E-state index is -0.961. The Morgan fingerprint density at radius 2 is 1.83 bits per heavy atom. The van der Waals surface area contributed by atoms with Crippen LogP contribution in [-0.2, 0) is 9.53 Å². The molecule has 1 N–H and O–H groups in total. The first kappa shape index (κ1) is 15.4. The Labute approximate surface area is 119 Å². The summed E-state index contributed by atoms with van der Waals surface area (Å²) in [5, 5.41) is 10.4. The maximum absolute atomic E-state index is 10.5. The highest BCUT2D eigenvalue weighted by Crippen LogP contribution is 2.35. The highest BCUT2D eigenvalue weighted by atomic mass is 35.5. The topological polar surface area (TPSA) is 55.8 Å². The molecule has 0 saturated carbocycles. The van der Waals surface area contributed by atoms with Crippen molar-refractivity contribution in [2.24, 2.45) is 0 Å². The van der Waals surface area contributed by atoms with Gasteiger partial charge in [-0.05, 0) is 12.1 Å². The lowest BCUT2D eigenvalue weighted by Gasteiger charge is -2.14. The van der Waals surface area contributed by atoms with Crippen LogP contribution in [0.1, 0.15) is 6.92 Å². The second-order valence-electron chi connectivity index (χ2n) is 3.47. The van der Waals surface area contributed by atoms with Gasteiger partial charge in [0, 0.05) is 11.9 Å². The average Bonchev–Trinajstić information content (AvgIpc) is 2.24. The van der Waals surface area contributed by atoms with E-state index in [1.165, 1.54) is 19.1 Å². The van der Waals surface area contributed by atoms with Crippen molar-refractivity contribution in [3.8, 4) is 5.75 Å². The first-order chi connectivity index (χ1) is 8.40. The number of hydrogen-bond acceptors (Lipinski definition) is 4. The summed E-state index contributed by atoms with van der Waals surface area (Å²) in [6, 6.07) is 2.95. The highest BCUT2D eigenvalue weighted by molar-refractivity contribution is 6.40. The lowest BCUT2D eigenvalue weighted by Crippen LogP contribution is -2.24. The van der Waals surface area contributed by atoms with E-state index in [0.29, 0.717) is 5.02 Å². The molecule has 4 nitrogen and oxygen atoms in total. The predicted octanol–water partition coefficient (Wildman–Crippen LogP) is 2.95. The Morgan fingerprint density at radius 1 is 1.28 bits per heavy atom. The van der Waals surface area contributed by atoms with Crippen LogP contribution in [0.25, 0.3) is 0 Å². The van der Waals surface area contributed by atoms with Crippen molar-refractivity contribution in [3.63, 3.8) is 0 Å². The van der Waals surface area contributed by atoms with Gasteiger partial charge in [0.05, 0.1) is 10.0 Å². The molecule has 0 bridgehead atoms. The fraction of sp³-hybridized carbons (Fsp3) is 0.364. The van der Waals surface area contributed by atoms with Crippen LogP contribution in [0.3, 0.4) is 0 Å². The third kappa shape index (κ3) is 4.90. The van der Waals surface area contributed by atoms with E-state index in [0.717, 1.165) is 0 Å². The fourth-order valence-electron chi connectivity index (χ4n) is 1.11. The van der Waals surface area contributed by atoms with E-state index in [4.69, 9.17) is 39.5 Å². The number of ether oxygens (including phenoxy) is 2. The number of carbonyl (C=O) groups excluding carboxylic acids is 1. The summed E-state index contributed by atoms with van der Waals surface area (Å²) < 4.78 is 9.87. The maximum Gasteiger partial charge on any atom is 0.302 e. The van der Waals surface area contributed by atoms with Gasteiger partial charge in [0.15, 0.2) is 5.75 Å². The van der Waals surface area contributed by atoms with Gasteiger partial charge in [-0.15, -0.1) is 0 Å². The SMILES string of the molecule is CC(=O)OC[C@@H](O)COc1c(Cl)cc(Cl)cc1Cl. The maximum atomic E-state index is 10.5. The second kappa shape index (κ2) is 7.04. The molecule has 7 heteroatoms. The van der Waals surface area contributed by atoms with Crippen molar-refractivity contribution in [3.05, 3.63) is 27.2 Å². The smallest absolute Gasteiger partial charge is 0.302 e. The number of benzene rings is 1. The molecule has 0 radical (unpaired) electrons. The van der Waals surface area contributed by atoms with Gasteiger partial charge in [-0.1, -0.05) is 34.8 Å². The number of aliphatic hydroxyl groups is 1. The fourth-order valence-corrected chi connectivity index (χ4v) is 2.03. The summed E-state index contributed by atoms with van der Waals surface area (Å²) in [4.78, 5) is 10.5. The largest absolute Gasteiger partial charge is 0.488 e. The first-order valence-electron chi connectivity index (χ1n) is 4.99. The number of hydrogen-bond donors (Lipinski definition) is 1. The molecular weight excluding hydrogens is 302 g/mol. The molecule has 0 unspecified atom stereocenters. The Kier molecular flexibility index (Phi) is 6.02. The van der Waals surface area contributed by atoms with Crippen LogP contribution < -0.4 is 4.74 Å². The number of carbonyl (C=O) groups is 1. The molecule has 1 rings (SSSR count). The molecule has 1 aromatic rings. The van der Waals surface area contributed by atoms with Crippen LogP contribution in [0.5, 0.6) is 5.75 Å². The zero-order valence-electron chi connectivity index (χ0n) is 9.45. The summed E-state index contributed by atoms with van der Waals surface area (Å²) in [6.07, 6.45) is -0.961. The van der Waals surface area contributed by atoms with Crippen LogP contribution in [0, 0.1) is 0 Å². The van der Waals surface area contributed by atoms with Gasteiger partial charge in [0.25, 0.3) is 0 Å². The Balaban J connectivity index is 2.55. The van der Waals surface area contributed by atoms with Gasteiger partial charge in [-0.25, -0.2) is 0 Å². The van der Waals surface area contributed by atoms with Crippen molar-refractivity contribution < 1.29 is 19.4 Å². The van der Waals surface area contributed by atoms with Crippen molar-refractivity contribution in [1.29, 1.82) is 0 Å². The van der Waals surface area contributed by atoms with Gasteiger partial charge < -0.3 is 14.6 Å². The summed E-state index contributed by atoms with van der Waals surface area (Å²) >= 11 is 17.5. The van der Waals surface area contributed by atoms with Crippen molar-refractivity contribution in [1.82, 2.24) is 0 Å². The quantitative estimate of drug-likeness (QED) is 0.849. The summed E-state index contributed by atoms with van der Waals surface area (Å²) in [7, 11) is 0. The summed E-state index contributed by atoms with van der Waals surface area (Å²) in [6.45, 7) is 0.993. The molecule has 0 aliphatic carbocycles. The van der Waals surface area contributed by atoms with Crippen LogP contribution >= 0.6 is 34.8 Å². The monoisotopic (exact) mass is 312 g/mol. The predicted molar refractivity (Wildman–Crippen MR) is 69.6 cm³/mol. The highest BCUT2D eigenvalue weighted by Gasteiger charge is 2.12. The van der Waals surface area contributed by atoms with E-state index < -0.39 is 12.1 Å². The van der Waals surface area contributed by atoms with E-state index in [2.05, 4.69) is 4.74 Å². The molecule has 1 aromatic carbocycles. The van der Waals surface area contributed by atoms with Crippen LogP contribution in [-0.4, -0.2) is 30.4 Å². The molecule has 0 aliphatic rings. The van der Waals surface area contributed by atoms with E-state index in [-0.39, 0.29) is 29.0 Å². The molecule has 0 spiro atoms. The molecule has 0 amide bonds. The zero-order valence-corrected chi connectivity index (χ0v) is 11.7. The van der Waals surface area contributed by atoms with Crippen LogP contribution in [0.2, 0.25) is 15.1 Å². The Bertz CT molecular complexity index is 413. The van der Waals surface area contributed by atoms with Gasteiger partial charge in [0.1, 0.15) is 19.3 Å². The van der Waals surface area contributed by atoms with Crippen LogP contribution in [0.4, 0.5) is 0 Å². The van der Waals surface area contributed by atoms with Gasteiger partial charge in [-0.3, -0.25) is 4.79 Å². The minimum Gasteiger partial charge on any atom is -0.488 e. The molecule has 0 heterocycles. The third-order valence-electron chi connectivity index (χ3n) is 1.86. The summed E-state index contributed by atoms with van der Waals surface area (Å²) in [5.41, 5.74) is 0. The lowest BCUT2D eigenvalue weighted by atomic mass is 10.3. The number of rotatable bonds is 5. The van der Waals surface area contributed by atoms with Crippen LogP contribution in [0.15, 0.2) is 12.1 Å². The van der Waals surface area contributed by atoms with Crippen molar-refractivity contribution in [2.45, 2.75) is 13.0 Å². The van der Waals surface area contributed by atoms with Gasteiger partial charge in [0.2, 0.25) is 0 Å². The van der Waals surface area contributed by atoms with Crippen molar-refractivity contribution in [2.75, 3.05) is 13.2 Å². The van der Waals surface area contributed by atoms with E-state index in [9.17, 15) is 9.90 Å². The lowest BCUT2D eigenvalue weighted by molar-refractivity contribution is -0.144. The average molecular weight is 314 g/mol. The minimum absolute atomic E-state index is 0.103. The molecular formula is C11H11Cl3O4. The Morgan fingerprint density at radius 3 is 2.33 bits per heavy atom. The Hall–Kier alpha value is -0.680. The normalized spacial score (nSPS) is 12.1. The molecule has 100 valence electrons. The number of esters is 1. The van der Waals surface area contributed by atoms with E-state index >= 15 is 0 Å². The van der Waals surface area contributed by atoms with Gasteiger partial charge in [-0.2, -0.15) is 0 Å². The van der Waals surface area contributed by atoms with Gasteiger partial charge >= 0.3 is 5.97 Å². The van der Waals surface area contributed by atoms with E-state index in [1.54, 1.807) is 0 Å². The zero-order chi connectivity index (χ0) is 13.7. The molecule has 0 saturated heterocycles. The molecule has 0 fully saturated rings.